The highest BCUT2D eigenvalue weighted by Crippen LogP contribution is 2.32. The summed E-state index contributed by atoms with van der Waals surface area (Å²) in [6, 6.07) is 3.59. The Morgan fingerprint density at radius 1 is 1.03 bits per heavy atom. The number of carbonyl (C=O) groups is 1. The minimum Gasteiger partial charge on any atom is -0.486 e. The van der Waals surface area contributed by atoms with Crippen LogP contribution in [0, 0.1) is 11.8 Å². The molecule has 1 aliphatic heterocycles. The van der Waals surface area contributed by atoms with Gasteiger partial charge in [-0.2, -0.15) is 4.72 Å². The zero-order valence-corrected chi connectivity index (χ0v) is 18.8. The number of fused-ring (bicyclic) bond motifs is 1. The van der Waals surface area contributed by atoms with Crippen molar-refractivity contribution in [2.45, 2.75) is 70.9 Å². The Hall–Kier alpha value is -1.80. The van der Waals surface area contributed by atoms with Gasteiger partial charge in [-0.15, -0.1) is 0 Å². The van der Waals surface area contributed by atoms with Gasteiger partial charge in [0.05, 0.1) is 4.90 Å². The van der Waals surface area contributed by atoms with Gasteiger partial charge in [-0.05, 0) is 37.3 Å². The normalized spacial score (nSPS) is 16.0. The van der Waals surface area contributed by atoms with Gasteiger partial charge in [0.15, 0.2) is 11.5 Å². The predicted octanol–water partition coefficient (Wildman–Crippen LogP) is 3.09. The average Bonchev–Trinajstić information content (AvgIpc) is 2.65. The molecule has 1 heterocycles. The van der Waals surface area contributed by atoms with Crippen LogP contribution >= 0.6 is 0 Å². The molecule has 1 amide bonds. The van der Waals surface area contributed by atoms with Crippen LogP contribution in [0.1, 0.15) is 53.9 Å². The molecule has 8 heteroatoms. The average molecular weight is 427 g/mol. The highest BCUT2D eigenvalue weighted by Gasteiger charge is 2.30. The lowest BCUT2D eigenvalue weighted by molar-refractivity contribution is -0.124. The molecule has 29 heavy (non-hydrogen) atoms. The monoisotopic (exact) mass is 426 g/mol. The maximum absolute atomic E-state index is 12.9. The van der Waals surface area contributed by atoms with Crippen LogP contribution in [-0.2, 0) is 14.8 Å². The quantitative estimate of drug-likeness (QED) is 0.600. The maximum atomic E-state index is 12.9. The Morgan fingerprint density at radius 3 is 2.31 bits per heavy atom. The van der Waals surface area contributed by atoms with E-state index in [-0.39, 0.29) is 22.8 Å². The third-order valence-corrected chi connectivity index (χ3v) is 6.30. The molecule has 1 aliphatic rings. The van der Waals surface area contributed by atoms with E-state index in [1.54, 1.807) is 6.07 Å². The van der Waals surface area contributed by atoms with Gasteiger partial charge in [0.25, 0.3) is 0 Å². The molecular weight excluding hydrogens is 392 g/mol. The molecule has 2 N–H and O–H groups in total. The molecule has 0 saturated carbocycles. The SMILES string of the molecule is CC(C)CCC[C@@H](C)NC(=O)[C@@H](NS(=O)(=O)c1ccc2c(c1)OCCO2)C(C)C. The topological polar surface area (TPSA) is 93.7 Å². The fourth-order valence-corrected chi connectivity index (χ4v) is 4.51. The summed E-state index contributed by atoms with van der Waals surface area (Å²) in [5.74, 6) is 1.02. The Bertz CT molecular complexity index is 792. The molecule has 7 nitrogen and oxygen atoms in total. The number of ether oxygens (including phenoxy) is 2. The van der Waals surface area contributed by atoms with Crippen LogP contribution in [0.15, 0.2) is 23.1 Å². The minimum atomic E-state index is -3.89. The van der Waals surface area contributed by atoms with E-state index in [2.05, 4.69) is 23.9 Å². The highest BCUT2D eigenvalue weighted by atomic mass is 32.2. The van der Waals surface area contributed by atoms with E-state index < -0.39 is 16.1 Å². The fraction of sp³-hybridized carbons (Fsp3) is 0.667. The largest absolute Gasteiger partial charge is 0.486 e. The van der Waals surface area contributed by atoms with E-state index in [4.69, 9.17) is 9.47 Å². The number of sulfonamides is 1. The van der Waals surface area contributed by atoms with Gasteiger partial charge in [-0.1, -0.05) is 40.5 Å². The van der Waals surface area contributed by atoms with E-state index in [1.807, 2.05) is 20.8 Å². The second-order valence-corrected chi connectivity index (χ2v) is 10.1. The fourth-order valence-electron chi connectivity index (χ4n) is 3.16. The molecule has 2 atom stereocenters. The minimum absolute atomic E-state index is 0.0127. The summed E-state index contributed by atoms with van der Waals surface area (Å²) in [5.41, 5.74) is 0. The van der Waals surface area contributed by atoms with Crippen molar-refractivity contribution in [1.29, 1.82) is 0 Å². The zero-order chi connectivity index (χ0) is 21.6. The summed E-state index contributed by atoms with van der Waals surface area (Å²) >= 11 is 0. The number of amides is 1. The van der Waals surface area contributed by atoms with Gasteiger partial charge in [0.2, 0.25) is 15.9 Å². The number of rotatable bonds is 10. The molecule has 164 valence electrons. The Balaban J connectivity index is 2.05. The van der Waals surface area contributed by atoms with Gasteiger partial charge in [0, 0.05) is 12.1 Å². The first kappa shape index (κ1) is 23.5. The summed E-state index contributed by atoms with van der Waals surface area (Å²) in [6.07, 6.45) is 2.99. The third-order valence-electron chi connectivity index (χ3n) is 4.86. The second-order valence-electron chi connectivity index (χ2n) is 8.38. The first-order valence-electron chi connectivity index (χ1n) is 10.3. The lowest BCUT2D eigenvalue weighted by Gasteiger charge is -2.24. The standard InChI is InChI=1S/C21H34N2O5S/c1-14(2)7-6-8-16(5)22-21(24)20(15(3)4)23-29(25,26)17-9-10-18-19(13-17)28-12-11-27-18/h9-10,13-16,20,23H,6-8,11-12H2,1-5H3,(H,22,24)/t16-,20+/m1/s1. The van der Waals surface area contributed by atoms with Crippen molar-refractivity contribution in [1.82, 2.24) is 10.0 Å². The summed E-state index contributed by atoms with van der Waals surface area (Å²) in [4.78, 5) is 12.8. The molecule has 0 fully saturated rings. The van der Waals surface area contributed by atoms with Gasteiger partial charge in [-0.3, -0.25) is 4.79 Å². The maximum Gasteiger partial charge on any atom is 0.241 e. The van der Waals surface area contributed by atoms with Crippen LogP contribution in [0.3, 0.4) is 0 Å². The van der Waals surface area contributed by atoms with Crippen LogP contribution in [-0.4, -0.2) is 39.6 Å². The van der Waals surface area contributed by atoms with Crippen molar-refractivity contribution in [2.24, 2.45) is 11.8 Å². The molecule has 0 spiro atoms. The van der Waals surface area contributed by atoms with Crippen molar-refractivity contribution >= 4 is 15.9 Å². The lowest BCUT2D eigenvalue weighted by Crippen LogP contribution is -2.51. The van der Waals surface area contributed by atoms with E-state index in [9.17, 15) is 13.2 Å². The molecular formula is C21H34N2O5S. The summed E-state index contributed by atoms with van der Waals surface area (Å²) < 4.78 is 39.2. The highest BCUT2D eigenvalue weighted by molar-refractivity contribution is 7.89. The molecule has 0 bridgehead atoms. The van der Waals surface area contributed by atoms with Crippen molar-refractivity contribution in [3.8, 4) is 11.5 Å². The molecule has 1 aromatic carbocycles. The molecule has 0 aliphatic carbocycles. The van der Waals surface area contributed by atoms with Gasteiger partial charge < -0.3 is 14.8 Å². The van der Waals surface area contributed by atoms with E-state index >= 15 is 0 Å². The summed E-state index contributed by atoms with van der Waals surface area (Å²) in [5, 5.41) is 2.95. The lowest BCUT2D eigenvalue weighted by atomic mass is 10.0. The predicted molar refractivity (Wildman–Crippen MR) is 113 cm³/mol. The van der Waals surface area contributed by atoms with E-state index in [0.29, 0.717) is 30.6 Å². The smallest absolute Gasteiger partial charge is 0.241 e. The first-order valence-corrected chi connectivity index (χ1v) is 11.8. The first-order chi connectivity index (χ1) is 13.6. The van der Waals surface area contributed by atoms with Crippen molar-refractivity contribution in [3.63, 3.8) is 0 Å². The van der Waals surface area contributed by atoms with E-state index in [1.165, 1.54) is 12.1 Å². The zero-order valence-electron chi connectivity index (χ0n) is 18.0. The van der Waals surface area contributed by atoms with Crippen LogP contribution in [0.25, 0.3) is 0 Å². The van der Waals surface area contributed by atoms with Crippen LogP contribution in [0.5, 0.6) is 11.5 Å². The second kappa shape index (κ2) is 10.3. The number of nitrogens with one attached hydrogen (secondary N) is 2. The number of benzene rings is 1. The Morgan fingerprint density at radius 2 is 1.69 bits per heavy atom. The number of carbonyl (C=O) groups excluding carboxylic acids is 1. The molecule has 0 radical (unpaired) electrons. The van der Waals surface area contributed by atoms with Crippen LogP contribution in [0.2, 0.25) is 0 Å². The molecule has 0 unspecified atom stereocenters. The summed E-state index contributed by atoms with van der Waals surface area (Å²) in [7, 11) is -3.89. The van der Waals surface area contributed by atoms with E-state index in [0.717, 1.165) is 19.3 Å². The molecule has 2 rings (SSSR count). The van der Waals surface area contributed by atoms with Gasteiger partial charge >= 0.3 is 0 Å². The van der Waals surface area contributed by atoms with Gasteiger partial charge in [-0.25, -0.2) is 8.42 Å². The summed E-state index contributed by atoms with van der Waals surface area (Å²) in [6.45, 7) is 10.7. The molecule has 0 saturated heterocycles. The Kier molecular flexibility index (Phi) is 8.34. The Labute approximate surface area is 174 Å². The van der Waals surface area contributed by atoms with Crippen molar-refractivity contribution in [3.05, 3.63) is 18.2 Å². The van der Waals surface area contributed by atoms with Crippen LogP contribution in [0.4, 0.5) is 0 Å². The third kappa shape index (κ3) is 6.89. The van der Waals surface area contributed by atoms with Gasteiger partial charge in [0.1, 0.15) is 19.3 Å². The van der Waals surface area contributed by atoms with Crippen molar-refractivity contribution < 1.29 is 22.7 Å². The number of hydrogen-bond acceptors (Lipinski definition) is 5. The molecule has 1 aromatic rings. The van der Waals surface area contributed by atoms with Crippen molar-refractivity contribution in [2.75, 3.05) is 13.2 Å². The molecule has 0 aromatic heterocycles. The number of hydrogen-bond donors (Lipinski definition) is 2. The van der Waals surface area contributed by atoms with Crippen LogP contribution < -0.4 is 19.5 Å².